The molecule has 0 spiro atoms. The minimum absolute atomic E-state index is 0.0708. The van der Waals surface area contributed by atoms with E-state index in [0.29, 0.717) is 16.3 Å². The molecular weight excluding hydrogens is 461 g/mol. The molecule has 2 aromatic carbocycles. The van der Waals surface area contributed by atoms with Crippen LogP contribution in [-0.4, -0.2) is 35.6 Å². The molecule has 0 saturated carbocycles. The van der Waals surface area contributed by atoms with E-state index < -0.39 is 29.6 Å². The number of ether oxygens (including phenoxy) is 2. The highest BCUT2D eigenvalue weighted by atomic mass is 32.1. The van der Waals surface area contributed by atoms with Gasteiger partial charge < -0.3 is 14.0 Å². The van der Waals surface area contributed by atoms with E-state index in [2.05, 4.69) is 4.99 Å². The summed E-state index contributed by atoms with van der Waals surface area (Å²) in [6.07, 6.45) is -4.61. The lowest BCUT2D eigenvalue weighted by Crippen LogP contribution is -2.23. The van der Waals surface area contributed by atoms with E-state index in [1.54, 1.807) is 19.9 Å². The van der Waals surface area contributed by atoms with E-state index in [9.17, 15) is 27.6 Å². The number of hydrogen-bond donors (Lipinski definition) is 0. The van der Waals surface area contributed by atoms with Crippen molar-refractivity contribution in [1.29, 1.82) is 0 Å². The number of fused-ring (bicyclic) bond motifs is 1. The molecule has 1 amide bonds. The molecule has 0 radical (unpaired) electrons. The zero-order valence-electron chi connectivity index (χ0n) is 17.6. The van der Waals surface area contributed by atoms with Crippen LogP contribution in [0.2, 0.25) is 0 Å². The topological polar surface area (TPSA) is 87.0 Å². The molecule has 1 heterocycles. The van der Waals surface area contributed by atoms with Gasteiger partial charge in [0, 0.05) is 5.56 Å². The number of carbonyl (C=O) groups excluding carboxylic acids is 3. The fourth-order valence-corrected chi connectivity index (χ4v) is 4.04. The quantitative estimate of drug-likeness (QED) is 0.494. The summed E-state index contributed by atoms with van der Waals surface area (Å²) in [7, 11) is 0. The first kappa shape index (κ1) is 24.2. The molecule has 0 aliphatic carbocycles. The average molecular weight is 480 g/mol. The molecule has 7 nitrogen and oxygen atoms in total. The van der Waals surface area contributed by atoms with Gasteiger partial charge in [0.05, 0.1) is 34.6 Å². The lowest BCUT2D eigenvalue weighted by molar-refractivity contribution is -0.143. The van der Waals surface area contributed by atoms with Gasteiger partial charge in [0.15, 0.2) is 4.80 Å². The number of halogens is 3. The van der Waals surface area contributed by atoms with Crippen LogP contribution in [0, 0.1) is 0 Å². The monoisotopic (exact) mass is 480 g/mol. The van der Waals surface area contributed by atoms with Crippen molar-refractivity contribution in [2.45, 2.75) is 26.6 Å². The Morgan fingerprint density at radius 2 is 1.73 bits per heavy atom. The fraction of sp³-hybridized carbons (Fsp3) is 0.273. The van der Waals surface area contributed by atoms with Gasteiger partial charge in [-0.2, -0.15) is 18.2 Å². The number of rotatable bonds is 6. The molecule has 0 unspecified atom stereocenters. The lowest BCUT2D eigenvalue weighted by atomic mass is 10.1. The summed E-state index contributed by atoms with van der Waals surface area (Å²) in [4.78, 5) is 40.9. The van der Waals surface area contributed by atoms with Crippen LogP contribution in [0.25, 0.3) is 10.2 Å². The predicted molar refractivity (Wildman–Crippen MR) is 114 cm³/mol. The maximum Gasteiger partial charge on any atom is 0.416 e. The van der Waals surface area contributed by atoms with Crippen molar-refractivity contribution in [1.82, 2.24) is 4.57 Å². The van der Waals surface area contributed by atoms with E-state index >= 15 is 0 Å². The van der Waals surface area contributed by atoms with Crippen molar-refractivity contribution in [3.8, 4) is 0 Å². The first-order chi connectivity index (χ1) is 15.6. The SMILES string of the molecule is CCOC(=O)Cn1c(=NC(=O)c2cccc(C(F)(F)F)c2)sc2cc(C(=O)OCC)ccc21. The largest absolute Gasteiger partial charge is 0.465 e. The van der Waals surface area contributed by atoms with E-state index in [0.717, 1.165) is 23.5 Å². The summed E-state index contributed by atoms with van der Waals surface area (Å²) in [6, 6.07) is 8.53. The number of carbonyl (C=O) groups is 3. The summed E-state index contributed by atoms with van der Waals surface area (Å²) in [6.45, 7) is 3.37. The van der Waals surface area contributed by atoms with E-state index in [1.165, 1.54) is 22.8 Å². The molecule has 33 heavy (non-hydrogen) atoms. The Labute approximate surface area is 190 Å². The Morgan fingerprint density at radius 1 is 1.00 bits per heavy atom. The zero-order valence-corrected chi connectivity index (χ0v) is 18.5. The van der Waals surface area contributed by atoms with Crippen LogP contribution in [0.4, 0.5) is 13.2 Å². The number of nitrogens with zero attached hydrogens (tertiary/aromatic N) is 2. The highest BCUT2D eigenvalue weighted by Crippen LogP contribution is 2.29. The number of amides is 1. The Hall–Kier alpha value is -3.47. The summed E-state index contributed by atoms with van der Waals surface area (Å²) < 4.78 is 50.9. The Balaban J connectivity index is 2.11. The molecule has 0 aliphatic rings. The normalized spacial score (nSPS) is 12.1. The maximum atomic E-state index is 13.0. The molecule has 0 N–H and O–H groups in total. The third-order valence-electron chi connectivity index (χ3n) is 4.42. The maximum absolute atomic E-state index is 13.0. The average Bonchev–Trinajstić information content (AvgIpc) is 3.09. The highest BCUT2D eigenvalue weighted by Gasteiger charge is 2.31. The molecule has 0 fully saturated rings. The number of thiazole rings is 1. The second kappa shape index (κ2) is 9.99. The lowest BCUT2D eigenvalue weighted by Gasteiger charge is -2.07. The second-order valence-electron chi connectivity index (χ2n) is 6.67. The van der Waals surface area contributed by atoms with Crippen molar-refractivity contribution >= 4 is 39.4 Å². The summed E-state index contributed by atoms with van der Waals surface area (Å²) in [5, 5.41) is 0. The van der Waals surface area contributed by atoms with Crippen molar-refractivity contribution in [3.63, 3.8) is 0 Å². The van der Waals surface area contributed by atoms with Crippen LogP contribution in [0.5, 0.6) is 0 Å². The number of benzene rings is 2. The molecule has 3 aromatic rings. The van der Waals surface area contributed by atoms with Gasteiger partial charge in [-0.25, -0.2) is 4.79 Å². The molecule has 174 valence electrons. The van der Waals surface area contributed by atoms with Gasteiger partial charge in [0.25, 0.3) is 5.91 Å². The molecule has 3 rings (SSSR count). The smallest absolute Gasteiger partial charge is 0.416 e. The third-order valence-corrected chi connectivity index (χ3v) is 5.46. The van der Waals surface area contributed by atoms with Gasteiger partial charge in [-0.1, -0.05) is 17.4 Å². The molecular formula is C22H19F3N2O5S. The zero-order chi connectivity index (χ0) is 24.2. The molecule has 11 heteroatoms. The van der Waals surface area contributed by atoms with Crippen LogP contribution >= 0.6 is 11.3 Å². The predicted octanol–water partition coefficient (Wildman–Crippen LogP) is 4.20. The Bertz CT molecular complexity index is 1280. The van der Waals surface area contributed by atoms with Crippen molar-refractivity contribution in [2.75, 3.05) is 13.2 Å². The van der Waals surface area contributed by atoms with Crippen LogP contribution in [0.1, 0.15) is 40.1 Å². The summed E-state index contributed by atoms with van der Waals surface area (Å²) in [5.41, 5.74) is -0.461. The van der Waals surface area contributed by atoms with Crippen LogP contribution in [-0.2, 0) is 27.0 Å². The first-order valence-electron chi connectivity index (χ1n) is 9.86. The van der Waals surface area contributed by atoms with Crippen molar-refractivity contribution < 1.29 is 37.0 Å². The van der Waals surface area contributed by atoms with E-state index in [4.69, 9.17) is 9.47 Å². The van der Waals surface area contributed by atoms with Gasteiger partial charge in [-0.15, -0.1) is 0 Å². The number of alkyl halides is 3. The van der Waals surface area contributed by atoms with Gasteiger partial charge in [0.2, 0.25) is 0 Å². The molecule has 1 aromatic heterocycles. The van der Waals surface area contributed by atoms with E-state index in [1.807, 2.05) is 0 Å². The number of hydrogen-bond acceptors (Lipinski definition) is 6. The van der Waals surface area contributed by atoms with Crippen molar-refractivity contribution in [2.24, 2.45) is 4.99 Å². The van der Waals surface area contributed by atoms with Gasteiger partial charge in [-0.05, 0) is 50.2 Å². The molecule has 0 atom stereocenters. The minimum atomic E-state index is -4.61. The first-order valence-corrected chi connectivity index (χ1v) is 10.7. The summed E-state index contributed by atoms with van der Waals surface area (Å²) >= 11 is 1.00. The van der Waals surface area contributed by atoms with E-state index in [-0.39, 0.29) is 35.7 Å². The highest BCUT2D eigenvalue weighted by molar-refractivity contribution is 7.16. The molecule has 0 bridgehead atoms. The number of esters is 2. The van der Waals surface area contributed by atoms with Crippen molar-refractivity contribution in [3.05, 3.63) is 64.0 Å². The molecule has 0 saturated heterocycles. The summed E-state index contributed by atoms with van der Waals surface area (Å²) in [5.74, 6) is -2.03. The van der Waals surface area contributed by atoms with Crippen LogP contribution < -0.4 is 4.80 Å². The second-order valence-corrected chi connectivity index (χ2v) is 7.68. The Morgan fingerprint density at radius 3 is 2.39 bits per heavy atom. The number of aromatic nitrogens is 1. The van der Waals surface area contributed by atoms with Gasteiger partial charge in [-0.3, -0.25) is 9.59 Å². The fourth-order valence-electron chi connectivity index (χ4n) is 2.97. The third kappa shape index (κ3) is 5.67. The van der Waals surface area contributed by atoms with Crippen LogP contribution in [0.15, 0.2) is 47.5 Å². The standard InChI is InChI=1S/C22H19F3N2O5S/c1-3-31-18(28)12-27-16-9-8-14(20(30)32-4-2)11-17(16)33-21(27)26-19(29)13-6-5-7-15(10-13)22(23,24)25/h5-11H,3-4,12H2,1-2H3. The van der Waals surface area contributed by atoms with Gasteiger partial charge >= 0.3 is 18.1 Å². The van der Waals surface area contributed by atoms with Crippen LogP contribution in [0.3, 0.4) is 0 Å². The molecule has 0 aliphatic heterocycles. The minimum Gasteiger partial charge on any atom is -0.465 e. The Kier molecular flexibility index (Phi) is 7.32. The van der Waals surface area contributed by atoms with Gasteiger partial charge in [0.1, 0.15) is 6.54 Å².